The van der Waals surface area contributed by atoms with Gasteiger partial charge in [-0.25, -0.2) is 0 Å². The van der Waals surface area contributed by atoms with Crippen LogP contribution in [-0.2, 0) is 13.5 Å². The summed E-state index contributed by atoms with van der Waals surface area (Å²) in [5, 5.41) is 10.7. The van der Waals surface area contributed by atoms with Crippen LogP contribution in [0.5, 0.6) is 11.5 Å². The van der Waals surface area contributed by atoms with Crippen LogP contribution in [0.25, 0.3) is 0 Å². The summed E-state index contributed by atoms with van der Waals surface area (Å²) in [6.45, 7) is 2.14. The van der Waals surface area contributed by atoms with Crippen molar-refractivity contribution in [3.63, 3.8) is 0 Å². The minimum absolute atomic E-state index is 0. The second kappa shape index (κ2) is 9.50. The highest BCUT2D eigenvalue weighted by Gasteiger charge is 2.11. The van der Waals surface area contributed by atoms with Crippen molar-refractivity contribution in [1.82, 2.24) is 15.1 Å². The normalized spacial score (nSPS) is 13.6. The van der Waals surface area contributed by atoms with Crippen molar-refractivity contribution in [2.45, 2.75) is 12.8 Å². The highest BCUT2D eigenvalue weighted by Crippen LogP contribution is 2.32. The fourth-order valence-electron chi connectivity index (χ4n) is 2.48. The summed E-state index contributed by atoms with van der Waals surface area (Å²) in [4.78, 5) is 4.25. The lowest BCUT2D eigenvalue weighted by Gasteiger charge is -2.13. The molecule has 0 aliphatic carbocycles. The van der Waals surface area contributed by atoms with Crippen LogP contribution in [0, 0.1) is 0 Å². The molecule has 7 nitrogen and oxygen atoms in total. The zero-order chi connectivity index (χ0) is 16.8. The maximum absolute atomic E-state index is 5.71. The van der Waals surface area contributed by atoms with E-state index in [1.165, 1.54) is 5.56 Å². The first kappa shape index (κ1) is 19.4. The van der Waals surface area contributed by atoms with Gasteiger partial charge in [0, 0.05) is 45.0 Å². The molecular weight excluding hydrogens is 433 g/mol. The Kier molecular flexibility index (Phi) is 7.35. The fraction of sp³-hybridized carbons (Fsp3) is 0.412. The van der Waals surface area contributed by atoms with Gasteiger partial charge in [0.05, 0.1) is 19.4 Å². The van der Waals surface area contributed by atoms with Gasteiger partial charge >= 0.3 is 0 Å². The molecule has 0 spiro atoms. The molecule has 8 heteroatoms. The zero-order valence-corrected chi connectivity index (χ0v) is 16.8. The summed E-state index contributed by atoms with van der Waals surface area (Å²) in [6.07, 6.45) is 5.67. The number of fused-ring (bicyclic) bond motifs is 1. The molecule has 0 saturated carbocycles. The topological polar surface area (TPSA) is 72.7 Å². The SMILES string of the molecule is CN=C(NCCc1cnn(C)c1)Nc1ccc2c(c1)OCCCO2.I. The van der Waals surface area contributed by atoms with Crippen molar-refractivity contribution in [2.75, 3.05) is 32.1 Å². The van der Waals surface area contributed by atoms with E-state index in [1.807, 2.05) is 37.6 Å². The van der Waals surface area contributed by atoms with Crippen molar-refractivity contribution in [3.8, 4) is 11.5 Å². The van der Waals surface area contributed by atoms with E-state index in [0.29, 0.717) is 19.2 Å². The minimum Gasteiger partial charge on any atom is -0.490 e. The molecule has 1 aromatic heterocycles. The minimum atomic E-state index is 0. The van der Waals surface area contributed by atoms with Crippen LogP contribution >= 0.6 is 24.0 Å². The lowest BCUT2D eigenvalue weighted by atomic mass is 10.2. The molecule has 0 saturated heterocycles. The summed E-state index contributed by atoms with van der Waals surface area (Å²) in [5.41, 5.74) is 2.10. The molecular formula is C17H24IN5O2. The van der Waals surface area contributed by atoms with E-state index in [1.54, 1.807) is 11.7 Å². The first-order valence-corrected chi connectivity index (χ1v) is 8.09. The molecule has 2 N–H and O–H groups in total. The number of aryl methyl sites for hydroxylation is 1. The fourth-order valence-corrected chi connectivity index (χ4v) is 2.48. The van der Waals surface area contributed by atoms with Crippen LogP contribution in [0.4, 0.5) is 5.69 Å². The third kappa shape index (κ3) is 5.52. The van der Waals surface area contributed by atoms with Crippen LogP contribution < -0.4 is 20.1 Å². The number of benzene rings is 1. The average molecular weight is 457 g/mol. The molecule has 2 heterocycles. The number of halogens is 1. The number of rotatable bonds is 4. The van der Waals surface area contributed by atoms with E-state index >= 15 is 0 Å². The summed E-state index contributed by atoms with van der Waals surface area (Å²) in [7, 11) is 3.67. The molecule has 3 rings (SSSR count). The molecule has 0 fully saturated rings. The van der Waals surface area contributed by atoms with Gasteiger partial charge in [-0.1, -0.05) is 0 Å². The lowest BCUT2D eigenvalue weighted by Crippen LogP contribution is -2.32. The number of aromatic nitrogens is 2. The Morgan fingerprint density at radius 3 is 2.80 bits per heavy atom. The molecule has 0 atom stereocenters. The van der Waals surface area contributed by atoms with Gasteiger partial charge in [-0.2, -0.15) is 5.10 Å². The number of hydrogen-bond donors (Lipinski definition) is 2. The molecule has 0 radical (unpaired) electrons. The smallest absolute Gasteiger partial charge is 0.195 e. The van der Waals surface area contributed by atoms with Crippen LogP contribution in [0.1, 0.15) is 12.0 Å². The Hall–Kier alpha value is -1.97. The van der Waals surface area contributed by atoms with Crippen LogP contribution in [0.2, 0.25) is 0 Å². The highest BCUT2D eigenvalue weighted by molar-refractivity contribution is 14.0. The van der Waals surface area contributed by atoms with E-state index in [9.17, 15) is 0 Å². The summed E-state index contributed by atoms with van der Waals surface area (Å²) >= 11 is 0. The summed E-state index contributed by atoms with van der Waals surface area (Å²) in [5.74, 6) is 2.27. The monoisotopic (exact) mass is 457 g/mol. The summed E-state index contributed by atoms with van der Waals surface area (Å²) in [6, 6.07) is 5.82. The first-order chi connectivity index (χ1) is 11.7. The van der Waals surface area contributed by atoms with E-state index in [2.05, 4.69) is 20.7 Å². The molecule has 2 aromatic rings. The van der Waals surface area contributed by atoms with Crippen molar-refractivity contribution in [2.24, 2.45) is 12.0 Å². The predicted octanol–water partition coefficient (Wildman–Crippen LogP) is 2.43. The largest absolute Gasteiger partial charge is 0.490 e. The third-order valence-electron chi connectivity index (χ3n) is 3.70. The first-order valence-electron chi connectivity index (χ1n) is 8.09. The van der Waals surface area contributed by atoms with Gasteiger partial charge in [0.2, 0.25) is 0 Å². The second-order valence-corrected chi connectivity index (χ2v) is 5.61. The Morgan fingerprint density at radius 1 is 1.28 bits per heavy atom. The molecule has 0 amide bonds. The number of hydrogen-bond acceptors (Lipinski definition) is 4. The van der Waals surface area contributed by atoms with Crippen molar-refractivity contribution >= 4 is 35.6 Å². The predicted molar refractivity (Wildman–Crippen MR) is 109 cm³/mol. The number of ether oxygens (including phenoxy) is 2. The number of anilines is 1. The molecule has 0 bridgehead atoms. The van der Waals surface area contributed by atoms with Crippen molar-refractivity contribution in [1.29, 1.82) is 0 Å². The van der Waals surface area contributed by atoms with Crippen LogP contribution in [-0.4, -0.2) is 42.5 Å². The molecule has 1 aliphatic heterocycles. The second-order valence-electron chi connectivity index (χ2n) is 5.61. The average Bonchev–Trinajstić information content (AvgIpc) is 2.86. The highest BCUT2D eigenvalue weighted by atomic mass is 127. The van der Waals surface area contributed by atoms with Gasteiger partial charge in [0.1, 0.15) is 0 Å². The van der Waals surface area contributed by atoms with Gasteiger partial charge in [-0.15, -0.1) is 24.0 Å². The van der Waals surface area contributed by atoms with E-state index in [-0.39, 0.29) is 24.0 Å². The molecule has 0 unspecified atom stereocenters. The number of aliphatic imine (C=N–C) groups is 1. The Morgan fingerprint density at radius 2 is 2.08 bits per heavy atom. The molecule has 136 valence electrons. The number of guanidine groups is 1. The van der Waals surface area contributed by atoms with Crippen LogP contribution in [0.15, 0.2) is 35.6 Å². The third-order valence-corrected chi connectivity index (χ3v) is 3.70. The van der Waals surface area contributed by atoms with E-state index in [4.69, 9.17) is 9.47 Å². The quantitative estimate of drug-likeness (QED) is 0.419. The number of nitrogens with zero attached hydrogens (tertiary/aromatic N) is 3. The molecule has 1 aliphatic rings. The maximum Gasteiger partial charge on any atom is 0.195 e. The van der Waals surface area contributed by atoms with Gasteiger partial charge in [-0.3, -0.25) is 9.67 Å². The Labute approximate surface area is 164 Å². The standard InChI is InChI=1S/C17H23N5O2.HI/c1-18-17(19-7-6-13-11-20-22(2)12-13)21-14-4-5-15-16(10-14)24-9-3-8-23-15;/h4-5,10-12H,3,6-9H2,1-2H3,(H2,18,19,21);1H. The summed E-state index contributed by atoms with van der Waals surface area (Å²) < 4.78 is 13.2. The van der Waals surface area contributed by atoms with Gasteiger partial charge in [0.15, 0.2) is 17.5 Å². The molecule has 25 heavy (non-hydrogen) atoms. The lowest BCUT2D eigenvalue weighted by molar-refractivity contribution is 0.297. The zero-order valence-electron chi connectivity index (χ0n) is 14.5. The van der Waals surface area contributed by atoms with Crippen LogP contribution in [0.3, 0.4) is 0 Å². The van der Waals surface area contributed by atoms with E-state index in [0.717, 1.165) is 36.6 Å². The van der Waals surface area contributed by atoms with Crippen molar-refractivity contribution < 1.29 is 9.47 Å². The Bertz CT molecular complexity index is 717. The number of nitrogens with one attached hydrogen (secondary N) is 2. The molecule has 1 aromatic carbocycles. The van der Waals surface area contributed by atoms with Gasteiger partial charge < -0.3 is 20.1 Å². The van der Waals surface area contributed by atoms with E-state index < -0.39 is 0 Å². The van der Waals surface area contributed by atoms with Gasteiger partial charge in [-0.05, 0) is 24.1 Å². The van der Waals surface area contributed by atoms with Crippen molar-refractivity contribution in [3.05, 3.63) is 36.2 Å². The maximum atomic E-state index is 5.71. The van der Waals surface area contributed by atoms with Gasteiger partial charge in [0.25, 0.3) is 0 Å². The Balaban J connectivity index is 0.00000225.